The van der Waals surface area contributed by atoms with Crippen LogP contribution in [-0.4, -0.2) is 10.5 Å². The van der Waals surface area contributed by atoms with Crippen LogP contribution in [0.1, 0.15) is 13.8 Å². The summed E-state index contributed by atoms with van der Waals surface area (Å²) < 4.78 is 1.95. The van der Waals surface area contributed by atoms with Gasteiger partial charge < -0.3 is 9.88 Å². The fourth-order valence-corrected chi connectivity index (χ4v) is 1.77. The van der Waals surface area contributed by atoms with E-state index in [9.17, 15) is 4.79 Å². The molecule has 0 spiro atoms. The van der Waals surface area contributed by atoms with E-state index in [2.05, 4.69) is 5.32 Å². The van der Waals surface area contributed by atoms with Crippen molar-refractivity contribution in [2.45, 2.75) is 13.8 Å². The molecule has 0 radical (unpaired) electrons. The lowest BCUT2D eigenvalue weighted by Gasteiger charge is -2.14. The zero-order valence-electron chi connectivity index (χ0n) is 10.7. The zero-order chi connectivity index (χ0) is 13.3. The summed E-state index contributed by atoms with van der Waals surface area (Å²) in [4.78, 5) is 12.0. The average Bonchev–Trinajstić information content (AvgIpc) is 2.67. The first-order chi connectivity index (χ1) is 8.45. The average molecular weight is 241 g/mol. The molecule has 0 aliphatic rings. The predicted octanol–water partition coefficient (Wildman–Crippen LogP) is 2.67. The maximum absolute atomic E-state index is 12.0. The first kappa shape index (κ1) is 12.2. The van der Waals surface area contributed by atoms with Gasteiger partial charge in [0.1, 0.15) is 5.41 Å². The molecule has 1 aromatic heterocycles. The Kier molecular flexibility index (Phi) is 2.84. The highest BCUT2D eigenvalue weighted by Gasteiger charge is 2.27. The third-order valence-corrected chi connectivity index (χ3v) is 2.99. The molecule has 0 saturated heterocycles. The number of hydrogen-bond acceptors (Lipinski definition) is 2. The number of anilines is 1. The number of carbonyl (C=O) groups excluding carboxylic acids is 1. The van der Waals surface area contributed by atoms with Crippen LogP contribution in [0.4, 0.5) is 5.69 Å². The molecule has 1 heterocycles. The minimum absolute atomic E-state index is 0.290. The van der Waals surface area contributed by atoms with Crippen molar-refractivity contribution in [2.75, 3.05) is 5.32 Å². The van der Waals surface area contributed by atoms with Crippen molar-refractivity contribution < 1.29 is 4.79 Å². The van der Waals surface area contributed by atoms with Crippen LogP contribution in [0.15, 0.2) is 30.5 Å². The molecule has 0 unspecified atom stereocenters. The van der Waals surface area contributed by atoms with Gasteiger partial charge in [-0.1, -0.05) is 18.2 Å². The number of nitriles is 1. The van der Waals surface area contributed by atoms with Gasteiger partial charge in [0, 0.05) is 24.1 Å². The van der Waals surface area contributed by atoms with Gasteiger partial charge in [-0.05, 0) is 19.9 Å². The first-order valence-electron chi connectivity index (χ1n) is 5.72. The number of benzene rings is 1. The van der Waals surface area contributed by atoms with E-state index in [0.29, 0.717) is 0 Å². The lowest BCUT2D eigenvalue weighted by molar-refractivity contribution is -0.121. The van der Waals surface area contributed by atoms with E-state index >= 15 is 0 Å². The van der Waals surface area contributed by atoms with Crippen LogP contribution >= 0.6 is 0 Å². The first-order valence-corrected chi connectivity index (χ1v) is 5.72. The Balaban J connectivity index is 2.40. The number of rotatable bonds is 2. The van der Waals surface area contributed by atoms with E-state index in [1.54, 1.807) is 13.8 Å². The third kappa shape index (κ3) is 1.95. The van der Waals surface area contributed by atoms with Crippen molar-refractivity contribution >= 4 is 22.5 Å². The summed E-state index contributed by atoms with van der Waals surface area (Å²) in [7, 11) is 1.92. The molecule has 1 aromatic carbocycles. The second-order valence-corrected chi connectivity index (χ2v) is 4.86. The van der Waals surface area contributed by atoms with Crippen molar-refractivity contribution in [1.29, 1.82) is 5.26 Å². The van der Waals surface area contributed by atoms with Crippen molar-refractivity contribution in [3.05, 3.63) is 30.5 Å². The van der Waals surface area contributed by atoms with Crippen LogP contribution < -0.4 is 5.32 Å². The molecule has 4 heteroatoms. The molecule has 1 amide bonds. The molecular weight excluding hydrogens is 226 g/mol. The Bertz CT molecular complexity index is 647. The van der Waals surface area contributed by atoms with Crippen LogP contribution in [0.25, 0.3) is 10.9 Å². The molecule has 1 N–H and O–H groups in total. The summed E-state index contributed by atoms with van der Waals surface area (Å²) in [6.07, 6.45) is 1.86. The monoisotopic (exact) mass is 241 g/mol. The Morgan fingerprint density at radius 2 is 2.06 bits per heavy atom. The van der Waals surface area contributed by atoms with Gasteiger partial charge >= 0.3 is 0 Å². The molecular formula is C14H15N3O. The molecule has 0 aliphatic carbocycles. The highest BCUT2D eigenvalue weighted by Crippen LogP contribution is 2.26. The number of nitrogens with one attached hydrogen (secondary N) is 1. The van der Waals surface area contributed by atoms with E-state index in [4.69, 9.17) is 5.26 Å². The summed E-state index contributed by atoms with van der Waals surface area (Å²) in [6.45, 7) is 3.21. The summed E-state index contributed by atoms with van der Waals surface area (Å²) in [5, 5.41) is 12.7. The number of nitrogens with zero attached hydrogens (tertiary/aromatic N) is 2. The number of hydrogen-bond donors (Lipinski definition) is 1. The summed E-state index contributed by atoms with van der Waals surface area (Å²) >= 11 is 0. The van der Waals surface area contributed by atoms with Gasteiger partial charge in [0.05, 0.1) is 11.8 Å². The number of fused-ring (bicyclic) bond motifs is 1. The fourth-order valence-electron chi connectivity index (χ4n) is 1.77. The van der Waals surface area contributed by atoms with Crippen LogP contribution in [0, 0.1) is 16.7 Å². The van der Waals surface area contributed by atoms with Gasteiger partial charge in [-0.2, -0.15) is 5.26 Å². The van der Waals surface area contributed by atoms with Crippen LogP contribution in [0.2, 0.25) is 0 Å². The van der Waals surface area contributed by atoms with E-state index in [1.807, 2.05) is 48.1 Å². The fraction of sp³-hybridized carbons (Fsp3) is 0.286. The number of aryl methyl sites for hydroxylation is 1. The third-order valence-electron chi connectivity index (χ3n) is 2.99. The summed E-state index contributed by atoms with van der Waals surface area (Å²) in [5.41, 5.74) is 0.751. The predicted molar refractivity (Wildman–Crippen MR) is 70.9 cm³/mol. The van der Waals surface area contributed by atoms with Gasteiger partial charge in [0.15, 0.2) is 0 Å². The van der Waals surface area contributed by atoms with Crippen LogP contribution in [0.3, 0.4) is 0 Å². The van der Waals surface area contributed by atoms with E-state index < -0.39 is 5.41 Å². The van der Waals surface area contributed by atoms with Gasteiger partial charge in [0.2, 0.25) is 5.91 Å². The highest BCUT2D eigenvalue weighted by atomic mass is 16.2. The highest BCUT2D eigenvalue weighted by molar-refractivity contribution is 6.04. The zero-order valence-corrected chi connectivity index (χ0v) is 10.7. The molecule has 0 saturated carbocycles. The van der Waals surface area contributed by atoms with Crippen molar-refractivity contribution in [1.82, 2.24) is 4.57 Å². The molecule has 2 aromatic rings. The number of amides is 1. The quantitative estimate of drug-likeness (QED) is 0.878. The van der Waals surface area contributed by atoms with E-state index in [-0.39, 0.29) is 5.91 Å². The van der Waals surface area contributed by atoms with Crippen molar-refractivity contribution in [3.8, 4) is 6.07 Å². The maximum Gasteiger partial charge on any atom is 0.244 e. The Hall–Kier alpha value is -2.28. The lowest BCUT2D eigenvalue weighted by atomic mass is 9.94. The lowest BCUT2D eigenvalue weighted by Crippen LogP contribution is -2.29. The van der Waals surface area contributed by atoms with E-state index in [1.165, 1.54) is 0 Å². The van der Waals surface area contributed by atoms with Gasteiger partial charge in [-0.25, -0.2) is 0 Å². The molecule has 0 atom stereocenters. The SMILES string of the molecule is Cn1cc(NC(=O)C(C)(C)C#N)c2ccccc21. The molecule has 18 heavy (non-hydrogen) atoms. The Morgan fingerprint density at radius 3 is 2.72 bits per heavy atom. The van der Waals surface area contributed by atoms with Gasteiger partial charge in [0.25, 0.3) is 0 Å². The van der Waals surface area contributed by atoms with Crippen LogP contribution in [0.5, 0.6) is 0 Å². The topological polar surface area (TPSA) is 57.8 Å². The second kappa shape index (κ2) is 4.19. The van der Waals surface area contributed by atoms with Gasteiger partial charge in [-0.3, -0.25) is 4.79 Å². The largest absolute Gasteiger partial charge is 0.348 e. The maximum atomic E-state index is 12.0. The Morgan fingerprint density at radius 1 is 1.39 bits per heavy atom. The minimum Gasteiger partial charge on any atom is -0.348 e. The second-order valence-electron chi connectivity index (χ2n) is 4.86. The van der Waals surface area contributed by atoms with Crippen molar-refractivity contribution in [2.24, 2.45) is 12.5 Å². The number of para-hydroxylation sites is 1. The standard InChI is InChI=1S/C14H15N3O/c1-14(2,9-15)13(18)16-11-8-17(3)12-7-5-4-6-10(11)12/h4-8H,1-3H3,(H,16,18). The minimum atomic E-state index is -1.03. The summed E-state index contributed by atoms with van der Waals surface area (Å²) in [5.74, 6) is -0.290. The Labute approximate surface area is 106 Å². The molecule has 0 fully saturated rings. The van der Waals surface area contributed by atoms with Crippen LogP contribution in [-0.2, 0) is 11.8 Å². The number of aromatic nitrogens is 1. The smallest absolute Gasteiger partial charge is 0.244 e. The van der Waals surface area contributed by atoms with Crippen molar-refractivity contribution in [3.63, 3.8) is 0 Å². The van der Waals surface area contributed by atoms with E-state index in [0.717, 1.165) is 16.6 Å². The molecule has 92 valence electrons. The molecule has 0 aliphatic heterocycles. The normalized spacial score (nSPS) is 11.2. The summed E-state index contributed by atoms with van der Waals surface area (Å²) in [6, 6.07) is 9.81. The molecule has 4 nitrogen and oxygen atoms in total. The molecule has 2 rings (SSSR count). The molecule has 0 bridgehead atoms. The van der Waals surface area contributed by atoms with Gasteiger partial charge in [-0.15, -0.1) is 0 Å². The number of carbonyl (C=O) groups is 1.